The second-order valence-electron chi connectivity index (χ2n) is 10.4. The highest BCUT2D eigenvalue weighted by atomic mass is 32.2. The van der Waals surface area contributed by atoms with Crippen molar-refractivity contribution in [1.29, 1.82) is 0 Å². The lowest BCUT2D eigenvalue weighted by Gasteiger charge is -2.61. The Morgan fingerprint density at radius 1 is 0.923 bits per heavy atom. The molecule has 5 heteroatoms. The molecule has 0 saturated heterocycles. The lowest BCUT2D eigenvalue weighted by atomic mass is 9.45. The molecule has 0 heterocycles. The van der Waals surface area contributed by atoms with Gasteiger partial charge in [0.2, 0.25) is 0 Å². The van der Waals surface area contributed by atoms with Crippen LogP contribution in [0.5, 0.6) is 0 Å². The number of carbonyl (C=O) groups is 1. The molecule has 4 fully saturated rings. The first-order valence-electron chi connectivity index (χ1n) is 10.5. The molecule has 0 aromatic carbocycles. The van der Waals surface area contributed by atoms with Gasteiger partial charge in [-0.2, -0.15) is 8.42 Å². The molecular weight excluding hydrogens is 348 g/mol. The maximum Gasteiger partial charge on any atom is 0.267 e. The van der Waals surface area contributed by atoms with Gasteiger partial charge in [-0.05, 0) is 99.2 Å². The first-order valence-corrected chi connectivity index (χ1v) is 12.0. The average Bonchev–Trinajstić information content (AvgIpc) is 2.90. The van der Waals surface area contributed by atoms with Gasteiger partial charge in [0.05, 0.1) is 5.25 Å². The molecule has 26 heavy (non-hydrogen) atoms. The van der Waals surface area contributed by atoms with E-state index >= 15 is 0 Å². The number of ketones is 1. The van der Waals surface area contributed by atoms with Gasteiger partial charge in [0.25, 0.3) is 10.1 Å². The van der Waals surface area contributed by atoms with E-state index in [9.17, 15) is 17.8 Å². The molecule has 0 aromatic heterocycles. The van der Waals surface area contributed by atoms with Gasteiger partial charge >= 0.3 is 0 Å². The van der Waals surface area contributed by atoms with E-state index in [1.54, 1.807) is 6.92 Å². The van der Waals surface area contributed by atoms with Gasteiger partial charge in [-0.25, -0.2) is 0 Å². The lowest BCUT2D eigenvalue weighted by Crippen LogP contribution is -2.54. The van der Waals surface area contributed by atoms with E-state index in [1.807, 2.05) is 0 Å². The summed E-state index contributed by atoms with van der Waals surface area (Å²) < 4.78 is 32.9. The monoisotopic (exact) mass is 382 g/mol. The molecule has 0 unspecified atom stereocenters. The van der Waals surface area contributed by atoms with E-state index in [2.05, 4.69) is 13.8 Å². The van der Waals surface area contributed by atoms with E-state index < -0.39 is 15.4 Å². The Hall–Kier alpha value is -0.420. The number of Topliss-reactive ketones (excluding diaryl/α,β-unsaturated/α-hetero) is 1. The largest absolute Gasteiger partial charge is 0.300 e. The smallest absolute Gasteiger partial charge is 0.267 e. The van der Waals surface area contributed by atoms with Gasteiger partial charge in [-0.3, -0.25) is 9.35 Å². The van der Waals surface area contributed by atoms with E-state index in [1.165, 1.54) is 19.3 Å². The van der Waals surface area contributed by atoms with Crippen LogP contribution in [-0.4, -0.2) is 24.0 Å². The van der Waals surface area contributed by atoms with Gasteiger partial charge in [-0.15, -0.1) is 0 Å². The molecule has 8 atom stereocenters. The summed E-state index contributed by atoms with van der Waals surface area (Å²) in [5.41, 5.74) is 0.390. The van der Waals surface area contributed by atoms with Crippen molar-refractivity contribution in [3.05, 3.63) is 0 Å². The number of hydrogen-bond donors (Lipinski definition) is 1. The van der Waals surface area contributed by atoms with Crippen molar-refractivity contribution in [3.63, 3.8) is 0 Å². The first kappa shape index (κ1) is 18.9. The molecule has 0 aliphatic heterocycles. The van der Waals surface area contributed by atoms with E-state index in [0.29, 0.717) is 42.3 Å². The zero-order chi connectivity index (χ0) is 18.9. The quantitative estimate of drug-likeness (QED) is 0.714. The predicted molar refractivity (Wildman–Crippen MR) is 101 cm³/mol. The van der Waals surface area contributed by atoms with Crippen LogP contribution in [0.15, 0.2) is 0 Å². The maximum absolute atomic E-state index is 12.2. The summed E-state index contributed by atoms with van der Waals surface area (Å²) in [6.07, 6.45) is 9.00. The minimum absolute atomic E-state index is 0.182. The van der Waals surface area contributed by atoms with Crippen LogP contribution in [0.2, 0.25) is 0 Å². The highest BCUT2D eigenvalue weighted by Crippen LogP contribution is 2.67. The third kappa shape index (κ3) is 2.63. The Morgan fingerprint density at radius 2 is 1.58 bits per heavy atom. The molecule has 4 aliphatic rings. The van der Waals surface area contributed by atoms with Crippen molar-refractivity contribution in [3.8, 4) is 0 Å². The van der Waals surface area contributed by atoms with Crippen LogP contribution in [0.25, 0.3) is 0 Å². The summed E-state index contributed by atoms with van der Waals surface area (Å²) >= 11 is 0. The fourth-order valence-corrected chi connectivity index (χ4v) is 9.05. The Balaban J connectivity index is 1.58. The summed E-state index contributed by atoms with van der Waals surface area (Å²) in [5, 5.41) is -0.556. The first-order chi connectivity index (χ1) is 12.1. The minimum atomic E-state index is -3.91. The van der Waals surface area contributed by atoms with Crippen LogP contribution in [0.3, 0.4) is 0 Å². The van der Waals surface area contributed by atoms with Crippen molar-refractivity contribution in [2.75, 3.05) is 0 Å². The molecular formula is C21H34O4S. The molecule has 4 nitrogen and oxygen atoms in total. The Labute approximate surface area is 158 Å². The average molecular weight is 383 g/mol. The Kier molecular flexibility index (Phi) is 4.39. The van der Waals surface area contributed by atoms with E-state index in [0.717, 1.165) is 25.7 Å². The van der Waals surface area contributed by atoms with Gasteiger partial charge in [0.1, 0.15) is 5.78 Å². The molecule has 1 N–H and O–H groups in total. The van der Waals surface area contributed by atoms with Crippen LogP contribution < -0.4 is 0 Å². The summed E-state index contributed by atoms with van der Waals surface area (Å²) in [7, 11) is -3.91. The van der Waals surface area contributed by atoms with Crippen LogP contribution in [0.1, 0.15) is 78.6 Å². The number of hydrogen-bond acceptors (Lipinski definition) is 3. The summed E-state index contributed by atoms with van der Waals surface area (Å²) in [5.74, 6) is 3.05. The van der Waals surface area contributed by atoms with Gasteiger partial charge in [0, 0.05) is 5.92 Å². The Morgan fingerprint density at radius 3 is 2.23 bits per heavy atom. The van der Waals surface area contributed by atoms with Crippen molar-refractivity contribution in [2.45, 2.75) is 83.8 Å². The lowest BCUT2D eigenvalue weighted by molar-refractivity contribution is -0.133. The Bertz CT molecular complexity index is 701. The van der Waals surface area contributed by atoms with Gasteiger partial charge < -0.3 is 0 Å². The summed E-state index contributed by atoms with van der Waals surface area (Å²) in [6, 6.07) is 0. The van der Waals surface area contributed by atoms with Gasteiger partial charge in [0.15, 0.2) is 0 Å². The van der Waals surface area contributed by atoms with E-state index in [4.69, 9.17) is 0 Å². The number of rotatable bonds is 2. The van der Waals surface area contributed by atoms with Crippen LogP contribution in [-0.2, 0) is 14.9 Å². The molecule has 0 spiro atoms. The predicted octanol–water partition coefficient (Wildman–Crippen LogP) is 4.49. The fourth-order valence-electron chi connectivity index (χ4n) is 8.16. The molecule has 0 aromatic rings. The molecule has 0 amide bonds. The standard InChI is InChI=1S/C21H34O4S/c1-13(22)17-6-7-18-16-5-4-14-12-15(26(23,24)25)8-10-20(14,2)19(16)9-11-21(17,18)3/h14-19H,4-12H2,1-3H3,(H,23,24,25)/t14-,15+,16-,17+,18-,19-,20-,21+/m0/s1. The van der Waals surface area contributed by atoms with Crippen LogP contribution in [0, 0.1) is 40.4 Å². The van der Waals surface area contributed by atoms with E-state index in [-0.39, 0.29) is 16.7 Å². The molecule has 0 bridgehead atoms. The van der Waals surface area contributed by atoms with Crippen molar-refractivity contribution in [1.82, 2.24) is 0 Å². The molecule has 4 aliphatic carbocycles. The highest BCUT2D eigenvalue weighted by Gasteiger charge is 2.61. The zero-order valence-corrected chi connectivity index (χ0v) is 17.2. The molecule has 148 valence electrons. The SMILES string of the molecule is CC(=O)[C@H]1CC[C@H]2[C@@H]3CC[C@H]4C[C@H](S(=O)(=O)O)CC[C@]4(C)[C@H]3CC[C@]12C. The number of carbonyl (C=O) groups excluding carboxylic acids is 1. The second kappa shape index (κ2) is 6.04. The minimum Gasteiger partial charge on any atom is -0.300 e. The maximum atomic E-state index is 12.2. The second-order valence-corrected chi connectivity index (χ2v) is 12.0. The normalized spacial score (nSPS) is 51.2. The third-order valence-electron chi connectivity index (χ3n) is 9.53. The third-order valence-corrected chi connectivity index (χ3v) is 10.8. The van der Waals surface area contributed by atoms with Crippen LogP contribution in [0.4, 0.5) is 0 Å². The number of fused-ring (bicyclic) bond motifs is 5. The topological polar surface area (TPSA) is 71.4 Å². The van der Waals surface area contributed by atoms with Crippen LogP contribution >= 0.6 is 0 Å². The molecule has 4 rings (SSSR count). The van der Waals surface area contributed by atoms with Crippen molar-refractivity contribution >= 4 is 15.9 Å². The fraction of sp³-hybridized carbons (Fsp3) is 0.952. The van der Waals surface area contributed by atoms with Crippen molar-refractivity contribution in [2.24, 2.45) is 40.4 Å². The summed E-state index contributed by atoms with van der Waals surface area (Å²) in [6.45, 7) is 6.55. The van der Waals surface area contributed by atoms with Gasteiger partial charge in [-0.1, -0.05) is 13.8 Å². The highest BCUT2D eigenvalue weighted by molar-refractivity contribution is 7.86. The van der Waals surface area contributed by atoms with Crippen molar-refractivity contribution < 1.29 is 17.8 Å². The summed E-state index contributed by atoms with van der Waals surface area (Å²) in [4.78, 5) is 12.2. The zero-order valence-electron chi connectivity index (χ0n) is 16.4. The molecule has 4 saturated carbocycles. The molecule has 0 radical (unpaired) electrons.